The number of nitrogens with zero attached hydrogens (tertiary/aromatic N) is 1. The fourth-order valence-corrected chi connectivity index (χ4v) is 2.87. The van der Waals surface area contributed by atoms with Crippen LogP contribution in [0.2, 0.25) is 0 Å². The molecule has 20 heavy (non-hydrogen) atoms. The fraction of sp³-hybridized carbons (Fsp3) is 0.562. The summed E-state index contributed by atoms with van der Waals surface area (Å²) in [5, 5.41) is 0. The average molecular weight is 294 g/mol. The Labute approximate surface area is 126 Å². The number of nitrogen functional groups attached to an aromatic ring is 1. The number of benzene rings is 1. The zero-order chi connectivity index (χ0) is 15.1. The Kier molecular flexibility index (Phi) is 6.93. The van der Waals surface area contributed by atoms with Gasteiger partial charge in [0.05, 0.1) is 5.75 Å². The van der Waals surface area contributed by atoms with Gasteiger partial charge in [-0.1, -0.05) is 33.8 Å². The van der Waals surface area contributed by atoms with Gasteiger partial charge in [-0.25, -0.2) is 0 Å². The third-order valence-electron chi connectivity index (χ3n) is 2.74. The molecular weight excluding hydrogens is 268 g/mol. The summed E-state index contributed by atoms with van der Waals surface area (Å²) in [6, 6.07) is 7.68. The molecule has 0 heterocycles. The molecule has 3 nitrogen and oxygen atoms in total. The first-order valence-electron chi connectivity index (χ1n) is 7.14. The number of amides is 1. The van der Waals surface area contributed by atoms with E-state index in [1.807, 2.05) is 29.2 Å². The first kappa shape index (κ1) is 16.9. The zero-order valence-corrected chi connectivity index (χ0v) is 13.7. The van der Waals surface area contributed by atoms with Crippen molar-refractivity contribution in [3.8, 4) is 0 Å². The molecule has 0 aliphatic carbocycles. The second-order valence-electron chi connectivity index (χ2n) is 5.95. The maximum absolute atomic E-state index is 12.3. The Morgan fingerprint density at radius 1 is 1.20 bits per heavy atom. The van der Waals surface area contributed by atoms with E-state index in [4.69, 9.17) is 5.73 Å². The van der Waals surface area contributed by atoms with Crippen molar-refractivity contribution in [2.75, 3.05) is 24.6 Å². The Morgan fingerprint density at radius 3 is 2.30 bits per heavy atom. The van der Waals surface area contributed by atoms with Gasteiger partial charge in [-0.3, -0.25) is 4.79 Å². The zero-order valence-electron chi connectivity index (χ0n) is 12.9. The van der Waals surface area contributed by atoms with Crippen molar-refractivity contribution in [1.29, 1.82) is 0 Å². The maximum Gasteiger partial charge on any atom is 0.232 e. The number of carbonyl (C=O) groups excluding carboxylic acids is 1. The molecule has 0 saturated heterocycles. The molecule has 0 fully saturated rings. The maximum atomic E-state index is 12.3. The molecule has 0 unspecified atom stereocenters. The lowest BCUT2D eigenvalue weighted by Crippen LogP contribution is -2.38. The van der Waals surface area contributed by atoms with E-state index in [9.17, 15) is 4.79 Å². The minimum Gasteiger partial charge on any atom is -0.399 e. The minimum atomic E-state index is 0.208. The highest BCUT2D eigenvalue weighted by Gasteiger charge is 2.16. The molecular formula is C16H26N2OS. The lowest BCUT2D eigenvalue weighted by molar-refractivity contribution is -0.129. The molecule has 0 bridgehead atoms. The molecule has 0 aliphatic heterocycles. The van der Waals surface area contributed by atoms with Crippen molar-refractivity contribution < 1.29 is 4.79 Å². The summed E-state index contributed by atoms with van der Waals surface area (Å²) >= 11 is 1.55. The van der Waals surface area contributed by atoms with E-state index >= 15 is 0 Å². The molecule has 0 spiro atoms. The van der Waals surface area contributed by atoms with Crippen LogP contribution in [0.15, 0.2) is 29.2 Å². The molecule has 112 valence electrons. The summed E-state index contributed by atoms with van der Waals surface area (Å²) in [6.07, 6.45) is 0. The number of hydrogen-bond donors (Lipinski definition) is 1. The van der Waals surface area contributed by atoms with Crippen LogP contribution in [0.4, 0.5) is 5.69 Å². The van der Waals surface area contributed by atoms with E-state index in [2.05, 4.69) is 27.7 Å². The van der Waals surface area contributed by atoms with Crippen molar-refractivity contribution in [1.82, 2.24) is 4.90 Å². The molecule has 0 atom stereocenters. The van der Waals surface area contributed by atoms with Crippen LogP contribution >= 0.6 is 11.8 Å². The van der Waals surface area contributed by atoms with Crippen molar-refractivity contribution in [2.45, 2.75) is 32.6 Å². The van der Waals surface area contributed by atoms with Gasteiger partial charge in [-0.15, -0.1) is 11.8 Å². The highest BCUT2D eigenvalue weighted by molar-refractivity contribution is 8.00. The van der Waals surface area contributed by atoms with Crippen LogP contribution in [0.3, 0.4) is 0 Å². The van der Waals surface area contributed by atoms with Gasteiger partial charge in [0.1, 0.15) is 0 Å². The van der Waals surface area contributed by atoms with Gasteiger partial charge < -0.3 is 10.6 Å². The molecule has 0 aliphatic rings. The van der Waals surface area contributed by atoms with Gasteiger partial charge >= 0.3 is 0 Å². The average Bonchev–Trinajstić information content (AvgIpc) is 2.34. The number of carbonyl (C=O) groups is 1. The number of anilines is 1. The van der Waals surface area contributed by atoms with Crippen molar-refractivity contribution in [3.63, 3.8) is 0 Å². The Hall–Kier alpha value is -1.16. The molecule has 1 amide bonds. The molecule has 1 aromatic rings. The molecule has 0 saturated carbocycles. The Morgan fingerprint density at radius 2 is 1.80 bits per heavy atom. The monoisotopic (exact) mass is 294 g/mol. The lowest BCUT2D eigenvalue weighted by Gasteiger charge is -2.26. The third kappa shape index (κ3) is 6.33. The van der Waals surface area contributed by atoms with Gasteiger partial charge in [0, 0.05) is 23.7 Å². The smallest absolute Gasteiger partial charge is 0.232 e. The number of nitrogens with two attached hydrogens (primary N) is 1. The van der Waals surface area contributed by atoms with Gasteiger partial charge in [0.15, 0.2) is 0 Å². The van der Waals surface area contributed by atoms with Crippen molar-refractivity contribution in [3.05, 3.63) is 24.3 Å². The molecule has 4 heteroatoms. The molecule has 1 rings (SSSR count). The normalized spacial score (nSPS) is 11.1. The summed E-state index contributed by atoms with van der Waals surface area (Å²) < 4.78 is 0. The SMILES string of the molecule is CC(C)CN(CC(C)C)C(=O)CSc1cccc(N)c1. The topological polar surface area (TPSA) is 46.3 Å². The van der Waals surface area contributed by atoms with Crippen LogP contribution in [-0.4, -0.2) is 29.6 Å². The highest BCUT2D eigenvalue weighted by atomic mass is 32.2. The predicted octanol–water partition coefficient (Wildman–Crippen LogP) is 3.50. The molecule has 0 aromatic heterocycles. The first-order chi connectivity index (χ1) is 9.38. The van der Waals surface area contributed by atoms with Crippen LogP contribution in [0.25, 0.3) is 0 Å². The van der Waals surface area contributed by atoms with Crippen LogP contribution in [0.5, 0.6) is 0 Å². The van der Waals surface area contributed by atoms with Crippen molar-refractivity contribution in [2.24, 2.45) is 11.8 Å². The van der Waals surface area contributed by atoms with E-state index in [1.165, 1.54) is 0 Å². The predicted molar refractivity (Wildman–Crippen MR) is 87.8 cm³/mol. The Bertz CT molecular complexity index is 422. The van der Waals surface area contributed by atoms with Gasteiger partial charge in [-0.05, 0) is 30.0 Å². The molecule has 2 N–H and O–H groups in total. The highest BCUT2D eigenvalue weighted by Crippen LogP contribution is 2.21. The standard InChI is InChI=1S/C16H26N2OS/c1-12(2)9-18(10-13(3)4)16(19)11-20-15-7-5-6-14(17)8-15/h5-8,12-13H,9-11,17H2,1-4H3. The summed E-state index contributed by atoms with van der Waals surface area (Å²) in [6.45, 7) is 10.2. The van der Waals surface area contributed by atoms with E-state index < -0.39 is 0 Å². The van der Waals surface area contributed by atoms with E-state index in [0.717, 1.165) is 23.7 Å². The van der Waals surface area contributed by atoms with Crippen LogP contribution in [0, 0.1) is 11.8 Å². The second kappa shape index (κ2) is 8.20. The number of thioether (sulfide) groups is 1. The molecule has 0 radical (unpaired) electrons. The van der Waals surface area contributed by atoms with E-state index in [1.54, 1.807) is 11.8 Å². The first-order valence-corrected chi connectivity index (χ1v) is 8.13. The second-order valence-corrected chi connectivity index (χ2v) is 7.00. The van der Waals surface area contributed by atoms with Gasteiger partial charge in [-0.2, -0.15) is 0 Å². The number of rotatable bonds is 7. The van der Waals surface area contributed by atoms with Crippen LogP contribution < -0.4 is 5.73 Å². The quantitative estimate of drug-likeness (QED) is 0.618. The summed E-state index contributed by atoms with van der Waals surface area (Å²) in [5.41, 5.74) is 6.49. The van der Waals surface area contributed by atoms with Crippen LogP contribution in [0.1, 0.15) is 27.7 Å². The minimum absolute atomic E-state index is 0.208. The number of hydrogen-bond acceptors (Lipinski definition) is 3. The van der Waals surface area contributed by atoms with E-state index in [0.29, 0.717) is 17.6 Å². The summed E-state index contributed by atoms with van der Waals surface area (Å²) in [4.78, 5) is 15.4. The van der Waals surface area contributed by atoms with Crippen LogP contribution in [-0.2, 0) is 4.79 Å². The Balaban J connectivity index is 2.57. The summed E-state index contributed by atoms with van der Waals surface area (Å²) in [5.74, 6) is 1.67. The fourth-order valence-electron chi connectivity index (χ4n) is 2.00. The summed E-state index contributed by atoms with van der Waals surface area (Å²) in [7, 11) is 0. The van der Waals surface area contributed by atoms with Crippen molar-refractivity contribution >= 4 is 23.4 Å². The third-order valence-corrected chi connectivity index (χ3v) is 3.72. The van der Waals surface area contributed by atoms with Gasteiger partial charge in [0.2, 0.25) is 5.91 Å². The molecule has 1 aromatic carbocycles. The lowest BCUT2D eigenvalue weighted by atomic mass is 10.1. The van der Waals surface area contributed by atoms with Gasteiger partial charge in [0.25, 0.3) is 0 Å². The van der Waals surface area contributed by atoms with E-state index in [-0.39, 0.29) is 5.91 Å². The largest absolute Gasteiger partial charge is 0.399 e.